The largest absolute Gasteiger partial charge is 0.464 e. The van der Waals surface area contributed by atoms with Crippen molar-refractivity contribution in [2.75, 3.05) is 30.3 Å². The first-order valence-corrected chi connectivity index (χ1v) is 7.86. The van der Waals surface area contributed by atoms with Crippen LogP contribution in [0, 0.1) is 0 Å². The number of thiazole rings is 1. The third-order valence-corrected chi connectivity index (χ3v) is 3.67. The molecule has 0 aliphatic heterocycles. The fourth-order valence-electron chi connectivity index (χ4n) is 1.68. The van der Waals surface area contributed by atoms with Crippen LogP contribution in [0.4, 0.5) is 11.9 Å². The number of hydrogen-bond donors (Lipinski definition) is 2. The Morgan fingerprint density at radius 1 is 1.19 bits per heavy atom. The van der Waals surface area contributed by atoms with E-state index in [2.05, 4.69) is 37.5 Å². The van der Waals surface area contributed by atoms with Crippen LogP contribution in [-0.2, 0) is 0 Å². The summed E-state index contributed by atoms with van der Waals surface area (Å²) in [6.07, 6.45) is 1.82. The van der Waals surface area contributed by atoms with E-state index in [4.69, 9.17) is 4.74 Å². The number of ether oxygens (including phenoxy) is 1. The van der Waals surface area contributed by atoms with E-state index in [9.17, 15) is 0 Å². The second kappa shape index (κ2) is 7.72. The number of anilines is 2. The van der Waals surface area contributed by atoms with E-state index < -0.39 is 0 Å². The highest BCUT2D eigenvalue weighted by Crippen LogP contribution is 2.18. The SMILES string of the molecule is CCNc1nc(NCC(C)c2nccs2)nc(OCC)n1. The number of aromatic nitrogens is 4. The molecule has 7 nitrogen and oxygen atoms in total. The van der Waals surface area contributed by atoms with Crippen molar-refractivity contribution in [3.63, 3.8) is 0 Å². The summed E-state index contributed by atoms with van der Waals surface area (Å²) in [5.74, 6) is 1.31. The maximum atomic E-state index is 5.36. The minimum absolute atomic E-state index is 0.292. The fourth-order valence-corrected chi connectivity index (χ4v) is 2.37. The molecule has 0 radical (unpaired) electrons. The van der Waals surface area contributed by atoms with Gasteiger partial charge in [0, 0.05) is 30.6 Å². The van der Waals surface area contributed by atoms with Gasteiger partial charge in [-0.25, -0.2) is 4.98 Å². The molecule has 2 aromatic rings. The van der Waals surface area contributed by atoms with Gasteiger partial charge in [0.25, 0.3) is 0 Å². The van der Waals surface area contributed by atoms with Crippen LogP contribution in [0.5, 0.6) is 6.01 Å². The lowest BCUT2D eigenvalue weighted by Gasteiger charge is -2.12. The summed E-state index contributed by atoms with van der Waals surface area (Å²) < 4.78 is 5.36. The van der Waals surface area contributed by atoms with Gasteiger partial charge in [-0.2, -0.15) is 15.0 Å². The van der Waals surface area contributed by atoms with E-state index in [1.807, 2.05) is 25.4 Å². The third-order valence-electron chi connectivity index (χ3n) is 2.66. The summed E-state index contributed by atoms with van der Waals surface area (Å²) >= 11 is 1.65. The van der Waals surface area contributed by atoms with Gasteiger partial charge in [0.05, 0.1) is 11.6 Å². The molecule has 2 rings (SSSR count). The van der Waals surface area contributed by atoms with E-state index in [1.165, 1.54) is 0 Å². The van der Waals surface area contributed by atoms with Gasteiger partial charge < -0.3 is 15.4 Å². The van der Waals surface area contributed by atoms with E-state index in [0.717, 1.165) is 11.6 Å². The van der Waals surface area contributed by atoms with Crippen LogP contribution in [-0.4, -0.2) is 39.6 Å². The molecule has 2 heterocycles. The van der Waals surface area contributed by atoms with E-state index in [1.54, 1.807) is 11.3 Å². The van der Waals surface area contributed by atoms with Crippen molar-refractivity contribution in [1.82, 2.24) is 19.9 Å². The van der Waals surface area contributed by atoms with Crippen LogP contribution in [0.3, 0.4) is 0 Å². The predicted octanol–water partition coefficient (Wildman–Crippen LogP) is 2.37. The minimum atomic E-state index is 0.292. The first kappa shape index (κ1) is 15.4. The lowest BCUT2D eigenvalue weighted by atomic mass is 10.2. The van der Waals surface area contributed by atoms with Crippen LogP contribution in [0.25, 0.3) is 0 Å². The van der Waals surface area contributed by atoms with Gasteiger partial charge in [0.2, 0.25) is 11.9 Å². The molecule has 21 heavy (non-hydrogen) atoms. The molecule has 0 amide bonds. The molecule has 0 spiro atoms. The average molecular weight is 308 g/mol. The second-order valence-electron chi connectivity index (χ2n) is 4.38. The Hall–Kier alpha value is -1.96. The summed E-state index contributed by atoms with van der Waals surface area (Å²) in [4.78, 5) is 17.1. The molecule has 0 bridgehead atoms. The summed E-state index contributed by atoms with van der Waals surface area (Å²) in [5, 5.41) is 9.35. The maximum Gasteiger partial charge on any atom is 0.323 e. The van der Waals surface area contributed by atoms with E-state index in [0.29, 0.717) is 37.0 Å². The van der Waals surface area contributed by atoms with Crippen molar-refractivity contribution in [1.29, 1.82) is 0 Å². The summed E-state index contributed by atoms with van der Waals surface area (Å²) in [6.45, 7) is 7.96. The van der Waals surface area contributed by atoms with Crippen molar-refractivity contribution in [3.8, 4) is 6.01 Å². The summed E-state index contributed by atoms with van der Waals surface area (Å²) in [5.41, 5.74) is 0. The molecule has 0 aromatic carbocycles. The Morgan fingerprint density at radius 3 is 2.57 bits per heavy atom. The van der Waals surface area contributed by atoms with Crippen LogP contribution in [0.2, 0.25) is 0 Å². The number of nitrogens with one attached hydrogen (secondary N) is 2. The third kappa shape index (κ3) is 4.52. The Labute approximate surface area is 128 Å². The smallest absolute Gasteiger partial charge is 0.323 e. The van der Waals surface area contributed by atoms with Gasteiger partial charge >= 0.3 is 6.01 Å². The van der Waals surface area contributed by atoms with Crippen LogP contribution in [0.1, 0.15) is 31.7 Å². The van der Waals surface area contributed by atoms with Crippen molar-refractivity contribution >= 4 is 23.2 Å². The van der Waals surface area contributed by atoms with Gasteiger partial charge in [-0.3, -0.25) is 0 Å². The molecule has 0 saturated carbocycles. The van der Waals surface area contributed by atoms with Gasteiger partial charge in [-0.05, 0) is 13.8 Å². The Morgan fingerprint density at radius 2 is 1.95 bits per heavy atom. The highest BCUT2D eigenvalue weighted by Gasteiger charge is 2.11. The lowest BCUT2D eigenvalue weighted by Crippen LogP contribution is -2.14. The monoisotopic (exact) mass is 308 g/mol. The van der Waals surface area contributed by atoms with Gasteiger partial charge in [-0.1, -0.05) is 6.92 Å². The van der Waals surface area contributed by atoms with Gasteiger partial charge in [0.15, 0.2) is 0 Å². The van der Waals surface area contributed by atoms with Crippen molar-refractivity contribution < 1.29 is 4.74 Å². The van der Waals surface area contributed by atoms with Gasteiger partial charge in [0.1, 0.15) is 0 Å². The fraction of sp³-hybridized carbons (Fsp3) is 0.538. The van der Waals surface area contributed by atoms with E-state index >= 15 is 0 Å². The van der Waals surface area contributed by atoms with Gasteiger partial charge in [-0.15, -0.1) is 11.3 Å². The Kier molecular flexibility index (Phi) is 5.68. The molecule has 0 fully saturated rings. The van der Waals surface area contributed by atoms with Crippen LogP contribution in [0.15, 0.2) is 11.6 Å². The average Bonchev–Trinajstić information content (AvgIpc) is 2.99. The summed E-state index contributed by atoms with van der Waals surface area (Å²) in [6, 6.07) is 0.327. The zero-order valence-corrected chi connectivity index (χ0v) is 13.3. The molecule has 0 aliphatic rings. The molecular formula is C13H20N6OS. The Bertz CT molecular complexity index is 523. The maximum absolute atomic E-state index is 5.36. The molecule has 0 aliphatic carbocycles. The number of hydrogen-bond acceptors (Lipinski definition) is 8. The molecule has 2 N–H and O–H groups in total. The molecule has 8 heteroatoms. The lowest BCUT2D eigenvalue weighted by molar-refractivity contribution is 0.312. The molecule has 1 atom stereocenters. The number of rotatable bonds is 8. The zero-order valence-electron chi connectivity index (χ0n) is 12.5. The molecule has 1 unspecified atom stereocenters. The van der Waals surface area contributed by atoms with Crippen molar-refractivity contribution in [3.05, 3.63) is 16.6 Å². The molecule has 114 valence electrons. The predicted molar refractivity (Wildman–Crippen MR) is 84.2 cm³/mol. The minimum Gasteiger partial charge on any atom is -0.464 e. The molecule has 0 saturated heterocycles. The van der Waals surface area contributed by atoms with E-state index in [-0.39, 0.29) is 0 Å². The second-order valence-corrected chi connectivity index (χ2v) is 5.31. The number of nitrogens with zero attached hydrogens (tertiary/aromatic N) is 4. The topological polar surface area (TPSA) is 84.9 Å². The van der Waals surface area contributed by atoms with Crippen molar-refractivity contribution in [2.24, 2.45) is 0 Å². The standard InChI is InChI=1S/C13H20N6OS/c1-4-14-11-17-12(19-13(18-11)20-5-2)16-8-9(3)10-15-6-7-21-10/h6-7,9H,4-5,8H2,1-3H3,(H2,14,16,17,18,19). The zero-order chi connectivity index (χ0) is 15.1. The highest BCUT2D eigenvalue weighted by atomic mass is 32.1. The van der Waals surface area contributed by atoms with Crippen LogP contribution >= 0.6 is 11.3 Å². The molecule has 2 aromatic heterocycles. The normalized spacial score (nSPS) is 12.0. The summed E-state index contributed by atoms with van der Waals surface area (Å²) in [7, 11) is 0. The first-order valence-electron chi connectivity index (χ1n) is 6.98. The quantitative estimate of drug-likeness (QED) is 0.774. The Balaban J connectivity index is 2.04. The molecular weight excluding hydrogens is 288 g/mol. The van der Waals surface area contributed by atoms with Crippen molar-refractivity contribution in [2.45, 2.75) is 26.7 Å². The highest BCUT2D eigenvalue weighted by molar-refractivity contribution is 7.09. The first-order chi connectivity index (χ1) is 10.2. The van der Waals surface area contributed by atoms with Crippen LogP contribution < -0.4 is 15.4 Å².